The molecule has 4 nitrogen and oxygen atoms in total. The molecule has 23 heavy (non-hydrogen) atoms. The molecule has 0 saturated carbocycles. The van der Waals surface area contributed by atoms with Gasteiger partial charge in [0.2, 0.25) is 0 Å². The molecule has 2 aromatic carbocycles. The van der Waals surface area contributed by atoms with Crippen molar-refractivity contribution < 1.29 is 14.3 Å². The van der Waals surface area contributed by atoms with E-state index in [0.29, 0.717) is 6.54 Å². The average Bonchev–Trinajstić information content (AvgIpc) is 2.59. The summed E-state index contributed by atoms with van der Waals surface area (Å²) in [5.74, 6) is 1.41. The SMILES string of the molecule is CCc1cccc(OCC(=O)N2CC(C)Oc3ccccc32)c1. The number of fused-ring (bicyclic) bond motifs is 1. The lowest BCUT2D eigenvalue weighted by Gasteiger charge is -2.33. The number of nitrogens with zero attached hydrogens (tertiary/aromatic N) is 1. The van der Waals surface area contributed by atoms with Crippen molar-refractivity contribution >= 4 is 11.6 Å². The van der Waals surface area contributed by atoms with Gasteiger partial charge < -0.3 is 14.4 Å². The van der Waals surface area contributed by atoms with Gasteiger partial charge in [0.05, 0.1) is 12.2 Å². The molecule has 4 heteroatoms. The number of amides is 1. The first-order chi connectivity index (χ1) is 11.2. The molecule has 1 aliphatic heterocycles. The maximum absolute atomic E-state index is 12.6. The van der Waals surface area contributed by atoms with Crippen LogP contribution in [-0.2, 0) is 11.2 Å². The molecular formula is C19H21NO3. The highest BCUT2D eigenvalue weighted by molar-refractivity contribution is 5.96. The zero-order valence-electron chi connectivity index (χ0n) is 13.5. The Labute approximate surface area is 136 Å². The average molecular weight is 311 g/mol. The van der Waals surface area contributed by atoms with E-state index in [-0.39, 0.29) is 18.6 Å². The monoisotopic (exact) mass is 311 g/mol. The summed E-state index contributed by atoms with van der Waals surface area (Å²) in [6.45, 7) is 4.61. The summed E-state index contributed by atoms with van der Waals surface area (Å²) in [4.78, 5) is 14.3. The Morgan fingerprint density at radius 1 is 1.26 bits per heavy atom. The molecule has 0 fully saturated rings. The molecule has 0 spiro atoms. The zero-order valence-corrected chi connectivity index (χ0v) is 13.5. The van der Waals surface area contributed by atoms with Gasteiger partial charge in [-0.2, -0.15) is 0 Å². The molecule has 0 aliphatic carbocycles. The highest BCUT2D eigenvalue weighted by atomic mass is 16.5. The van der Waals surface area contributed by atoms with Gasteiger partial charge >= 0.3 is 0 Å². The van der Waals surface area contributed by atoms with Crippen molar-refractivity contribution in [3.8, 4) is 11.5 Å². The number of para-hydroxylation sites is 2. The van der Waals surface area contributed by atoms with Crippen LogP contribution in [-0.4, -0.2) is 25.2 Å². The van der Waals surface area contributed by atoms with Crippen molar-refractivity contribution in [2.75, 3.05) is 18.1 Å². The Hall–Kier alpha value is -2.49. The third-order valence-electron chi connectivity index (χ3n) is 3.89. The lowest BCUT2D eigenvalue weighted by molar-refractivity contribution is -0.121. The first kappa shape index (κ1) is 15.4. The summed E-state index contributed by atoms with van der Waals surface area (Å²) in [5.41, 5.74) is 2.00. The van der Waals surface area contributed by atoms with Crippen LogP contribution in [0.2, 0.25) is 0 Å². The third-order valence-corrected chi connectivity index (χ3v) is 3.89. The summed E-state index contributed by atoms with van der Waals surface area (Å²) in [6.07, 6.45) is 0.914. The van der Waals surface area contributed by atoms with Crippen LogP contribution in [0.1, 0.15) is 19.4 Å². The Balaban J connectivity index is 1.71. The van der Waals surface area contributed by atoms with Gasteiger partial charge in [0.15, 0.2) is 6.61 Å². The minimum absolute atomic E-state index is 0.0220. The van der Waals surface area contributed by atoms with Crippen molar-refractivity contribution in [3.63, 3.8) is 0 Å². The maximum Gasteiger partial charge on any atom is 0.265 e. The van der Waals surface area contributed by atoms with Gasteiger partial charge in [0.25, 0.3) is 5.91 Å². The van der Waals surface area contributed by atoms with Crippen molar-refractivity contribution in [1.82, 2.24) is 0 Å². The Morgan fingerprint density at radius 2 is 2.09 bits per heavy atom. The van der Waals surface area contributed by atoms with Gasteiger partial charge in [-0.15, -0.1) is 0 Å². The summed E-state index contributed by atoms with van der Waals surface area (Å²) in [7, 11) is 0. The Bertz CT molecular complexity index is 699. The highest BCUT2D eigenvalue weighted by Crippen LogP contribution is 2.33. The molecule has 1 aliphatic rings. The number of rotatable bonds is 4. The second kappa shape index (κ2) is 6.73. The van der Waals surface area contributed by atoms with Gasteiger partial charge in [-0.3, -0.25) is 4.79 Å². The van der Waals surface area contributed by atoms with E-state index in [1.54, 1.807) is 4.90 Å². The molecule has 2 aromatic rings. The Kier molecular flexibility index (Phi) is 4.51. The quantitative estimate of drug-likeness (QED) is 0.868. The van der Waals surface area contributed by atoms with Crippen LogP contribution in [0.25, 0.3) is 0 Å². The van der Waals surface area contributed by atoms with Gasteiger partial charge in [-0.05, 0) is 43.2 Å². The minimum atomic E-state index is -0.0606. The molecule has 1 atom stereocenters. The number of ether oxygens (including phenoxy) is 2. The van der Waals surface area contributed by atoms with Crippen LogP contribution in [0.4, 0.5) is 5.69 Å². The van der Waals surface area contributed by atoms with E-state index in [1.165, 1.54) is 5.56 Å². The van der Waals surface area contributed by atoms with E-state index in [0.717, 1.165) is 23.6 Å². The van der Waals surface area contributed by atoms with Crippen LogP contribution >= 0.6 is 0 Å². The van der Waals surface area contributed by atoms with E-state index in [1.807, 2.05) is 49.4 Å². The fourth-order valence-electron chi connectivity index (χ4n) is 2.70. The summed E-state index contributed by atoms with van der Waals surface area (Å²) >= 11 is 0. The zero-order chi connectivity index (χ0) is 16.2. The van der Waals surface area contributed by atoms with E-state index >= 15 is 0 Å². The van der Waals surface area contributed by atoms with Crippen LogP contribution in [0.5, 0.6) is 11.5 Å². The molecule has 1 amide bonds. The molecule has 0 bridgehead atoms. The summed E-state index contributed by atoms with van der Waals surface area (Å²) < 4.78 is 11.5. The first-order valence-electron chi connectivity index (χ1n) is 7.95. The minimum Gasteiger partial charge on any atom is -0.487 e. The van der Waals surface area contributed by atoms with E-state index in [9.17, 15) is 4.79 Å². The van der Waals surface area contributed by atoms with Crippen molar-refractivity contribution in [2.24, 2.45) is 0 Å². The van der Waals surface area contributed by atoms with E-state index in [2.05, 4.69) is 13.0 Å². The van der Waals surface area contributed by atoms with Crippen LogP contribution in [0.15, 0.2) is 48.5 Å². The van der Waals surface area contributed by atoms with Gasteiger partial charge in [-0.1, -0.05) is 31.2 Å². The fraction of sp³-hybridized carbons (Fsp3) is 0.316. The van der Waals surface area contributed by atoms with Crippen molar-refractivity contribution in [1.29, 1.82) is 0 Å². The second-order valence-electron chi connectivity index (χ2n) is 5.69. The van der Waals surface area contributed by atoms with E-state index in [4.69, 9.17) is 9.47 Å². The first-order valence-corrected chi connectivity index (χ1v) is 7.95. The number of benzene rings is 2. The number of anilines is 1. The molecule has 0 saturated heterocycles. The second-order valence-corrected chi connectivity index (χ2v) is 5.69. The number of aryl methyl sites for hydroxylation is 1. The topological polar surface area (TPSA) is 38.8 Å². The lowest BCUT2D eigenvalue weighted by atomic mass is 10.2. The number of hydrogen-bond acceptors (Lipinski definition) is 3. The smallest absolute Gasteiger partial charge is 0.265 e. The number of hydrogen-bond donors (Lipinski definition) is 0. The largest absolute Gasteiger partial charge is 0.487 e. The molecule has 0 radical (unpaired) electrons. The lowest BCUT2D eigenvalue weighted by Crippen LogP contribution is -2.44. The number of carbonyl (C=O) groups excluding carboxylic acids is 1. The summed E-state index contributed by atoms with van der Waals surface area (Å²) in [6, 6.07) is 15.5. The van der Waals surface area contributed by atoms with Crippen molar-refractivity contribution in [2.45, 2.75) is 26.4 Å². The van der Waals surface area contributed by atoms with Crippen LogP contribution in [0.3, 0.4) is 0 Å². The fourth-order valence-corrected chi connectivity index (χ4v) is 2.70. The molecule has 1 unspecified atom stereocenters. The number of carbonyl (C=O) groups is 1. The Morgan fingerprint density at radius 3 is 2.91 bits per heavy atom. The molecule has 1 heterocycles. The van der Waals surface area contributed by atoms with Gasteiger partial charge in [0.1, 0.15) is 17.6 Å². The molecular weight excluding hydrogens is 290 g/mol. The summed E-state index contributed by atoms with van der Waals surface area (Å²) in [5, 5.41) is 0. The highest BCUT2D eigenvalue weighted by Gasteiger charge is 2.27. The normalized spacial score (nSPS) is 16.4. The predicted molar refractivity (Wildman–Crippen MR) is 90.2 cm³/mol. The molecule has 0 N–H and O–H groups in total. The molecule has 0 aromatic heterocycles. The van der Waals surface area contributed by atoms with Crippen LogP contribution in [0, 0.1) is 0 Å². The standard InChI is InChI=1S/C19H21NO3/c1-3-15-7-6-8-16(11-15)22-13-19(21)20-12-14(2)23-18-10-5-4-9-17(18)20/h4-11,14H,3,12-13H2,1-2H3. The maximum atomic E-state index is 12.6. The van der Waals surface area contributed by atoms with Crippen LogP contribution < -0.4 is 14.4 Å². The third kappa shape index (κ3) is 3.47. The van der Waals surface area contributed by atoms with Gasteiger partial charge in [0, 0.05) is 0 Å². The molecule has 3 rings (SSSR count). The van der Waals surface area contributed by atoms with E-state index < -0.39 is 0 Å². The predicted octanol–water partition coefficient (Wildman–Crippen LogP) is 3.44. The van der Waals surface area contributed by atoms with Crippen molar-refractivity contribution in [3.05, 3.63) is 54.1 Å². The van der Waals surface area contributed by atoms with Gasteiger partial charge in [-0.25, -0.2) is 0 Å². The molecule has 120 valence electrons.